The molecule has 0 amide bonds. The predicted octanol–water partition coefficient (Wildman–Crippen LogP) is 1.47. The third kappa shape index (κ3) is 4.83. The molecule has 0 aliphatic carbocycles. The quantitative estimate of drug-likeness (QED) is 0.631. The minimum absolute atomic E-state index is 0.161. The summed E-state index contributed by atoms with van der Waals surface area (Å²) in [7, 11) is -4.30. The first-order chi connectivity index (χ1) is 7.78. The summed E-state index contributed by atoms with van der Waals surface area (Å²) in [5.41, 5.74) is 0.466. The van der Waals surface area contributed by atoms with Gasteiger partial charge in [0.2, 0.25) is 0 Å². The second-order valence-corrected chi connectivity index (χ2v) is 4.76. The Balaban J connectivity index is 2.78. The van der Waals surface area contributed by atoms with E-state index >= 15 is 0 Å². The van der Waals surface area contributed by atoms with E-state index in [0.717, 1.165) is 0 Å². The molecule has 7 heteroatoms. The fourth-order valence-corrected chi connectivity index (χ4v) is 1.54. The molecule has 0 spiro atoms. The number of benzene rings is 1. The zero-order valence-corrected chi connectivity index (χ0v) is 10.2. The van der Waals surface area contributed by atoms with Gasteiger partial charge in [-0.05, 0) is 38.1 Å². The van der Waals surface area contributed by atoms with Crippen LogP contribution in [0.15, 0.2) is 24.3 Å². The van der Waals surface area contributed by atoms with E-state index in [9.17, 15) is 13.2 Å². The lowest BCUT2D eigenvalue weighted by molar-refractivity contribution is 0.0378. The van der Waals surface area contributed by atoms with Crippen molar-refractivity contribution in [1.82, 2.24) is 0 Å². The molecule has 2 N–H and O–H groups in total. The smallest absolute Gasteiger partial charge is 0.357 e. The van der Waals surface area contributed by atoms with Crippen LogP contribution in [0.1, 0.15) is 24.2 Å². The summed E-state index contributed by atoms with van der Waals surface area (Å²) in [6.07, 6.45) is -0.224. The van der Waals surface area contributed by atoms with Gasteiger partial charge in [-0.3, -0.25) is 9.27 Å². The van der Waals surface area contributed by atoms with Crippen LogP contribution in [-0.4, -0.2) is 25.0 Å². The van der Waals surface area contributed by atoms with Gasteiger partial charge in [0.15, 0.2) is 0 Å². The number of hydrogen-bond donors (Lipinski definition) is 2. The lowest BCUT2D eigenvalue weighted by atomic mass is 10.2. The van der Waals surface area contributed by atoms with E-state index in [1.54, 1.807) is 13.8 Å². The number of nitrogens with one attached hydrogen (secondary N) is 1. The van der Waals surface area contributed by atoms with Gasteiger partial charge in [-0.25, -0.2) is 4.79 Å². The first-order valence-corrected chi connectivity index (χ1v) is 6.28. The van der Waals surface area contributed by atoms with Crippen LogP contribution in [0.3, 0.4) is 0 Å². The van der Waals surface area contributed by atoms with Crippen LogP contribution in [0.5, 0.6) is 0 Å². The van der Waals surface area contributed by atoms with Crippen molar-refractivity contribution < 1.29 is 22.5 Å². The van der Waals surface area contributed by atoms with E-state index in [2.05, 4.69) is 0 Å². The molecule has 1 aromatic rings. The Hall–Kier alpha value is -1.60. The number of carbonyl (C=O) groups is 1. The van der Waals surface area contributed by atoms with Gasteiger partial charge in [-0.2, -0.15) is 8.42 Å². The third-order valence-electron chi connectivity index (χ3n) is 1.71. The molecule has 0 aliphatic rings. The van der Waals surface area contributed by atoms with Crippen molar-refractivity contribution in [1.29, 1.82) is 0 Å². The van der Waals surface area contributed by atoms with E-state index in [1.165, 1.54) is 24.3 Å². The average Bonchev–Trinajstić information content (AvgIpc) is 2.15. The zero-order valence-electron chi connectivity index (χ0n) is 9.38. The fourth-order valence-electron chi connectivity index (χ4n) is 1.11. The average molecular weight is 259 g/mol. The number of carbonyl (C=O) groups excluding carboxylic acids is 1. The molecule has 1 aromatic carbocycles. The molecule has 0 atom stereocenters. The van der Waals surface area contributed by atoms with Gasteiger partial charge in [0.1, 0.15) is 0 Å². The summed E-state index contributed by atoms with van der Waals surface area (Å²) < 4.78 is 36.4. The third-order valence-corrected chi connectivity index (χ3v) is 2.20. The summed E-state index contributed by atoms with van der Waals surface area (Å²) >= 11 is 0. The summed E-state index contributed by atoms with van der Waals surface area (Å²) in [6.45, 7) is 3.46. The molecule has 0 aromatic heterocycles. The normalized spacial score (nSPS) is 11.3. The van der Waals surface area contributed by atoms with Crippen LogP contribution in [-0.2, 0) is 15.0 Å². The van der Waals surface area contributed by atoms with E-state index in [-0.39, 0.29) is 11.8 Å². The Morgan fingerprint density at radius 3 is 2.24 bits per heavy atom. The highest BCUT2D eigenvalue weighted by Crippen LogP contribution is 2.12. The van der Waals surface area contributed by atoms with Crippen molar-refractivity contribution in [3.8, 4) is 0 Å². The standard InChI is InChI=1S/C10H13NO5S/c1-7(2)16-10(12)8-3-5-9(6-4-8)11-17(13,14)15/h3-7,11H,1-2H3,(H,13,14,15). The van der Waals surface area contributed by atoms with Crippen molar-refractivity contribution in [2.45, 2.75) is 20.0 Å². The molecule has 0 heterocycles. The maximum atomic E-state index is 11.4. The molecule has 6 nitrogen and oxygen atoms in total. The summed E-state index contributed by atoms with van der Waals surface area (Å²) in [4.78, 5) is 11.4. The highest BCUT2D eigenvalue weighted by atomic mass is 32.2. The Kier molecular flexibility index (Phi) is 4.08. The number of anilines is 1. The summed E-state index contributed by atoms with van der Waals surface area (Å²) in [5, 5.41) is 0. The molecular formula is C10H13NO5S. The molecule has 0 saturated heterocycles. The molecule has 0 radical (unpaired) electrons. The van der Waals surface area contributed by atoms with Crippen molar-refractivity contribution in [3.63, 3.8) is 0 Å². The van der Waals surface area contributed by atoms with E-state index in [1.807, 2.05) is 4.72 Å². The molecule has 0 saturated carbocycles. The largest absolute Gasteiger partial charge is 0.459 e. The van der Waals surface area contributed by atoms with Crippen LogP contribution in [0, 0.1) is 0 Å². The van der Waals surface area contributed by atoms with Crippen LogP contribution < -0.4 is 4.72 Å². The number of esters is 1. The fraction of sp³-hybridized carbons (Fsp3) is 0.300. The molecule has 0 aliphatic heterocycles. The molecular weight excluding hydrogens is 246 g/mol. The first-order valence-electron chi connectivity index (χ1n) is 4.84. The molecule has 17 heavy (non-hydrogen) atoms. The second-order valence-electron chi connectivity index (χ2n) is 3.61. The number of rotatable bonds is 4. The van der Waals surface area contributed by atoms with Gasteiger partial charge >= 0.3 is 16.3 Å². The lowest BCUT2D eigenvalue weighted by Crippen LogP contribution is -2.12. The van der Waals surface area contributed by atoms with Crippen LogP contribution in [0.25, 0.3) is 0 Å². The van der Waals surface area contributed by atoms with Gasteiger partial charge < -0.3 is 4.74 Å². The predicted molar refractivity (Wildman–Crippen MR) is 62.2 cm³/mol. The van der Waals surface area contributed by atoms with Crippen molar-refractivity contribution in [2.75, 3.05) is 4.72 Å². The van der Waals surface area contributed by atoms with E-state index in [0.29, 0.717) is 5.56 Å². The molecule has 0 unspecified atom stereocenters. The van der Waals surface area contributed by atoms with Gasteiger partial charge in [-0.1, -0.05) is 0 Å². The topological polar surface area (TPSA) is 92.7 Å². The van der Waals surface area contributed by atoms with Crippen molar-refractivity contribution in [3.05, 3.63) is 29.8 Å². The monoisotopic (exact) mass is 259 g/mol. The van der Waals surface area contributed by atoms with Crippen LogP contribution >= 0.6 is 0 Å². The van der Waals surface area contributed by atoms with Crippen LogP contribution in [0.2, 0.25) is 0 Å². The lowest BCUT2D eigenvalue weighted by Gasteiger charge is -2.08. The molecule has 0 bridgehead atoms. The maximum absolute atomic E-state index is 11.4. The number of ether oxygens (including phenoxy) is 1. The maximum Gasteiger partial charge on any atom is 0.357 e. The summed E-state index contributed by atoms with van der Waals surface area (Å²) in [6, 6.07) is 5.51. The van der Waals surface area contributed by atoms with Gasteiger partial charge in [0, 0.05) is 0 Å². The Bertz CT molecular complexity index is 492. The van der Waals surface area contributed by atoms with E-state index in [4.69, 9.17) is 9.29 Å². The highest BCUT2D eigenvalue weighted by Gasteiger charge is 2.09. The Morgan fingerprint density at radius 2 is 1.82 bits per heavy atom. The molecule has 1 rings (SSSR count). The van der Waals surface area contributed by atoms with E-state index < -0.39 is 16.3 Å². The first kappa shape index (κ1) is 13.5. The zero-order chi connectivity index (χ0) is 13.1. The van der Waals surface area contributed by atoms with Crippen molar-refractivity contribution >= 4 is 22.0 Å². The Labute approximate surface area is 99.5 Å². The van der Waals surface area contributed by atoms with Gasteiger partial charge in [0.25, 0.3) is 0 Å². The SMILES string of the molecule is CC(C)OC(=O)c1ccc(NS(=O)(=O)O)cc1. The van der Waals surface area contributed by atoms with Gasteiger partial charge in [-0.15, -0.1) is 0 Å². The van der Waals surface area contributed by atoms with Gasteiger partial charge in [0.05, 0.1) is 17.4 Å². The number of hydrogen-bond acceptors (Lipinski definition) is 4. The minimum Gasteiger partial charge on any atom is -0.459 e. The van der Waals surface area contributed by atoms with Crippen molar-refractivity contribution in [2.24, 2.45) is 0 Å². The summed E-state index contributed by atoms with van der Waals surface area (Å²) in [5.74, 6) is -0.488. The minimum atomic E-state index is -4.30. The van der Waals surface area contributed by atoms with Crippen LogP contribution in [0.4, 0.5) is 5.69 Å². The Morgan fingerprint density at radius 1 is 1.29 bits per heavy atom. The highest BCUT2D eigenvalue weighted by molar-refractivity contribution is 7.87. The second kappa shape index (κ2) is 5.15. The molecule has 94 valence electrons. The molecule has 0 fully saturated rings.